The van der Waals surface area contributed by atoms with E-state index in [0.29, 0.717) is 13.1 Å². The Hall–Kier alpha value is -1.05. The van der Waals surface area contributed by atoms with Gasteiger partial charge in [0.1, 0.15) is 12.7 Å². The summed E-state index contributed by atoms with van der Waals surface area (Å²) in [6, 6.07) is 0. The van der Waals surface area contributed by atoms with Gasteiger partial charge in [-0.25, -0.2) is 0 Å². The zero-order chi connectivity index (χ0) is 11.7. The second-order valence-corrected chi connectivity index (χ2v) is 3.43. The van der Waals surface area contributed by atoms with Gasteiger partial charge in [-0.2, -0.15) is 0 Å². The maximum atomic E-state index is 11.2. The zero-order valence-corrected chi connectivity index (χ0v) is 9.32. The molecule has 0 heterocycles. The summed E-state index contributed by atoms with van der Waals surface area (Å²) in [4.78, 5) is 11.2. The van der Waals surface area contributed by atoms with Crippen molar-refractivity contribution in [2.24, 2.45) is 5.92 Å². The van der Waals surface area contributed by atoms with Gasteiger partial charge in [-0.3, -0.25) is 4.79 Å². The number of nitrogens with one attached hydrogen (secondary N) is 1. The number of aliphatic hydroxyl groups is 1. The third-order valence-corrected chi connectivity index (χ3v) is 2.04. The SMILES string of the molecule is C#CCNCC(O)COC(=O)C(C)CC. The number of aliphatic hydroxyl groups excluding tert-OH is 1. The molecule has 0 aliphatic rings. The smallest absolute Gasteiger partial charge is 0.308 e. The minimum atomic E-state index is -0.702. The molecular weight excluding hydrogens is 194 g/mol. The molecule has 0 aromatic rings. The van der Waals surface area contributed by atoms with Crippen molar-refractivity contribution in [3.8, 4) is 12.3 Å². The fourth-order valence-electron chi connectivity index (χ4n) is 0.857. The van der Waals surface area contributed by atoms with E-state index >= 15 is 0 Å². The second kappa shape index (κ2) is 8.27. The van der Waals surface area contributed by atoms with Crippen LogP contribution in [-0.2, 0) is 9.53 Å². The lowest BCUT2D eigenvalue weighted by Crippen LogP contribution is -2.32. The third kappa shape index (κ3) is 6.95. The number of terminal acetylenes is 1. The van der Waals surface area contributed by atoms with Gasteiger partial charge >= 0.3 is 5.97 Å². The van der Waals surface area contributed by atoms with Gasteiger partial charge in [0, 0.05) is 6.54 Å². The Kier molecular flexibility index (Phi) is 7.69. The maximum absolute atomic E-state index is 11.2. The minimum Gasteiger partial charge on any atom is -0.463 e. The molecule has 2 N–H and O–H groups in total. The summed E-state index contributed by atoms with van der Waals surface area (Å²) in [5.41, 5.74) is 0. The number of carbonyl (C=O) groups is 1. The molecule has 0 amide bonds. The van der Waals surface area contributed by atoms with Gasteiger partial charge in [-0.1, -0.05) is 19.8 Å². The highest BCUT2D eigenvalue weighted by Gasteiger charge is 2.13. The van der Waals surface area contributed by atoms with Crippen molar-refractivity contribution in [2.45, 2.75) is 26.4 Å². The number of hydrogen-bond donors (Lipinski definition) is 2. The molecule has 86 valence electrons. The summed E-state index contributed by atoms with van der Waals surface area (Å²) in [6.45, 7) is 4.46. The van der Waals surface area contributed by atoms with E-state index in [4.69, 9.17) is 11.2 Å². The van der Waals surface area contributed by atoms with Crippen molar-refractivity contribution < 1.29 is 14.6 Å². The molecule has 0 bridgehead atoms. The van der Waals surface area contributed by atoms with E-state index in [9.17, 15) is 9.90 Å². The predicted molar refractivity (Wildman–Crippen MR) is 58.1 cm³/mol. The molecule has 15 heavy (non-hydrogen) atoms. The topological polar surface area (TPSA) is 58.6 Å². The molecule has 0 radical (unpaired) electrons. The van der Waals surface area contributed by atoms with E-state index in [-0.39, 0.29) is 18.5 Å². The number of esters is 1. The van der Waals surface area contributed by atoms with Crippen molar-refractivity contribution in [2.75, 3.05) is 19.7 Å². The van der Waals surface area contributed by atoms with E-state index in [1.54, 1.807) is 6.92 Å². The first-order chi connectivity index (χ1) is 7.11. The summed E-state index contributed by atoms with van der Waals surface area (Å²) in [5, 5.41) is 12.2. The molecule has 0 aliphatic carbocycles. The number of carbonyl (C=O) groups excluding carboxylic acids is 1. The largest absolute Gasteiger partial charge is 0.463 e. The van der Waals surface area contributed by atoms with Crippen LogP contribution in [0.4, 0.5) is 0 Å². The van der Waals surface area contributed by atoms with E-state index in [2.05, 4.69) is 11.2 Å². The van der Waals surface area contributed by atoms with Crippen LogP contribution in [0.5, 0.6) is 0 Å². The molecular formula is C11H19NO3. The van der Waals surface area contributed by atoms with Crippen LogP contribution in [0.25, 0.3) is 0 Å². The highest BCUT2D eigenvalue weighted by atomic mass is 16.5. The predicted octanol–water partition coefficient (Wildman–Crippen LogP) is 0.159. The molecule has 0 aromatic carbocycles. The highest BCUT2D eigenvalue weighted by Crippen LogP contribution is 2.03. The third-order valence-electron chi connectivity index (χ3n) is 2.04. The van der Waals surface area contributed by atoms with Crippen molar-refractivity contribution in [3.63, 3.8) is 0 Å². The quantitative estimate of drug-likeness (QED) is 0.359. The average Bonchev–Trinajstić information content (AvgIpc) is 2.25. The normalized spacial score (nSPS) is 14.0. The van der Waals surface area contributed by atoms with Crippen LogP contribution in [0.1, 0.15) is 20.3 Å². The lowest BCUT2D eigenvalue weighted by atomic mass is 10.1. The molecule has 0 aromatic heterocycles. The van der Waals surface area contributed by atoms with Gasteiger partial charge < -0.3 is 15.2 Å². The van der Waals surface area contributed by atoms with Crippen LogP contribution in [0.3, 0.4) is 0 Å². The highest BCUT2D eigenvalue weighted by molar-refractivity contribution is 5.71. The van der Waals surface area contributed by atoms with Gasteiger partial charge in [-0.05, 0) is 6.42 Å². The van der Waals surface area contributed by atoms with Crippen LogP contribution in [0.15, 0.2) is 0 Å². The van der Waals surface area contributed by atoms with Gasteiger partial charge in [0.15, 0.2) is 0 Å². The standard InChI is InChI=1S/C11H19NO3/c1-4-6-12-7-10(13)8-15-11(14)9(3)5-2/h1,9-10,12-13H,5-8H2,2-3H3. The van der Waals surface area contributed by atoms with E-state index < -0.39 is 6.10 Å². The molecule has 0 fully saturated rings. The van der Waals surface area contributed by atoms with Crippen molar-refractivity contribution in [3.05, 3.63) is 0 Å². The zero-order valence-electron chi connectivity index (χ0n) is 9.32. The van der Waals surface area contributed by atoms with Crippen LogP contribution >= 0.6 is 0 Å². The Labute approximate surface area is 91.0 Å². The summed E-state index contributed by atoms with van der Waals surface area (Å²) >= 11 is 0. The molecule has 0 spiro atoms. The fourth-order valence-corrected chi connectivity index (χ4v) is 0.857. The Morgan fingerprint density at radius 2 is 2.33 bits per heavy atom. The molecule has 0 saturated heterocycles. The van der Waals surface area contributed by atoms with Gasteiger partial charge in [0.2, 0.25) is 0 Å². The summed E-state index contributed by atoms with van der Waals surface area (Å²) in [5.74, 6) is 2.00. The summed E-state index contributed by atoms with van der Waals surface area (Å²) in [7, 11) is 0. The van der Waals surface area contributed by atoms with Crippen LogP contribution in [-0.4, -0.2) is 36.9 Å². The lowest BCUT2D eigenvalue weighted by Gasteiger charge is -2.13. The molecule has 2 atom stereocenters. The first kappa shape index (κ1) is 13.9. The molecule has 2 unspecified atom stereocenters. The Bertz CT molecular complexity index is 222. The first-order valence-corrected chi connectivity index (χ1v) is 5.10. The summed E-state index contributed by atoms with van der Waals surface area (Å²) < 4.78 is 4.91. The van der Waals surface area contributed by atoms with E-state index in [1.165, 1.54) is 0 Å². The van der Waals surface area contributed by atoms with E-state index in [1.807, 2.05) is 6.92 Å². The van der Waals surface area contributed by atoms with Gasteiger partial charge in [0.25, 0.3) is 0 Å². The number of ether oxygens (including phenoxy) is 1. The average molecular weight is 213 g/mol. The molecule has 0 aliphatic heterocycles. The Morgan fingerprint density at radius 3 is 2.87 bits per heavy atom. The van der Waals surface area contributed by atoms with Crippen molar-refractivity contribution in [1.82, 2.24) is 5.32 Å². The summed E-state index contributed by atoms with van der Waals surface area (Å²) in [6.07, 6.45) is 5.05. The molecule has 4 heteroatoms. The minimum absolute atomic E-state index is 0.0146. The van der Waals surface area contributed by atoms with Crippen LogP contribution in [0, 0.1) is 18.3 Å². The van der Waals surface area contributed by atoms with Gasteiger partial charge in [-0.15, -0.1) is 6.42 Å². The monoisotopic (exact) mass is 213 g/mol. The van der Waals surface area contributed by atoms with Crippen LogP contribution in [0.2, 0.25) is 0 Å². The molecule has 0 saturated carbocycles. The first-order valence-electron chi connectivity index (χ1n) is 5.10. The maximum Gasteiger partial charge on any atom is 0.308 e. The Balaban J connectivity index is 3.58. The van der Waals surface area contributed by atoms with Gasteiger partial charge in [0.05, 0.1) is 12.5 Å². The molecule has 0 rings (SSSR count). The number of hydrogen-bond acceptors (Lipinski definition) is 4. The van der Waals surface area contributed by atoms with Crippen molar-refractivity contribution in [1.29, 1.82) is 0 Å². The lowest BCUT2D eigenvalue weighted by molar-refractivity contribution is -0.150. The Morgan fingerprint density at radius 1 is 1.67 bits per heavy atom. The van der Waals surface area contributed by atoms with Crippen LogP contribution < -0.4 is 5.32 Å². The van der Waals surface area contributed by atoms with Crippen molar-refractivity contribution >= 4 is 5.97 Å². The second-order valence-electron chi connectivity index (χ2n) is 3.43. The number of rotatable bonds is 7. The fraction of sp³-hybridized carbons (Fsp3) is 0.727. The molecule has 4 nitrogen and oxygen atoms in total. The van der Waals surface area contributed by atoms with E-state index in [0.717, 1.165) is 6.42 Å².